The fourth-order valence-electron chi connectivity index (χ4n) is 1.83. The van der Waals surface area contributed by atoms with E-state index in [4.69, 9.17) is 4.74 Å². The van der Waals surface area contributed by atoms with Gasteiger partial charge in [0.2, 0.25) is 0 Å². The molecule has 1 unspecified atom stereocenters. The molecule has 90 valence electrons. The normalized spacial score (nSPS) is 19.4. The summed E-state index contributed by atoms with van der Waals surface area (Å²) >= 11 is 0. The molecule has 0 amide bonds. The summed E-state index contributed by atoms with van der Waals surface area (Å²) in [5.74, 6) is -0.175. The van der Waals surface area contributed by atoms with E-state index in [1.807, 2.05) is 6.07 Å². The molecule has 2 rings (SSSR count). The maximum atomic E-state index is 12.8. The lowest BCUT2D eigenvalue weighted by molar-refractivity contribution is -0.00000505. The second-order valence-electron chi connectivity index (χ2n) is 3.90. The Hall–Kier alpha value is -0.450. The molecule has 0 bridgehead atoms. The summed E-state index contributed by atoms with van der Waals surface area (Å²) in [6, 6.07) is 6.68. The van der Waals surface area contributed by atoms with Crippen LogP contribution < -0.4 is 22.3 Å². The number of benzene rings is 1. The van der Waals surface area contributed by atoms with Gasteiger partial charge < -0.3 is 27.0 Å². The van der Waals surface area contributed by atoms with E-state index in [0.717, 1.165) is 31.6 Å². The quantitative estimate of drug-likeness (QED) is 0.775. The highest BCUT2D eigenvalue weighted by Gasteiger charge is 2.14. The molecule has 0 spiro atoms. The minimum absolute atomic E-state index is 0. The van der Waals surface area contributed by atoms with Crippen molar-refractivity contribution < 1.29 is 26.1 Å². The van der Waals surface area contributed by atoms with Gasteiger partial charge in [-0.15, -0.1) is 0 Å². The van der Waals surface area contributed by atoms with Crippen LogP contribution in [0.4, 0.5) is 4.39 Å². The van der Waals surface area contributed by atoms with Gasteiger partial charge in [-0.25, -0.2) is 4.39 Å². The number of hydrogen-bond donors (Lipinski definition) is 1. The van der Waals surface area contributed by atoms with Gasteiger partial charge in [0, 0.05) is 19.7 Å². The average Bonchev–Trinajstić information content (AvgIpc) is 2.71. The van der Waals surface area contributed by atoms with Gasteiger partial charge in [-0.05, 0) is 30.5 Å². The second-order valence-corrected chi connectivity index (χ2v) is 3.90. The number of hydrogen-bond acceptors (Lipinski definition) is 2. The Kier molecular flexibility index (Phi) is 5.95. The van der Waals surface area contributed by atoms with Crippen LogP contribution in [0.3, 0.4) is 0 Å². The zero-order valence-electron chi connectivity index (χ0n) is 9.09. The fourth-order valence-corrected chi connectivity index (χ4v) is 1.83. The van der Waals surface area contributed by atoms with Crippen molar-refractivity contribution >= 4 is 0 Å². The Labute approximate surface area is 106 Å². The van der Waals surface area contributed by atoms with E-state index in [1.165, 1.54) is 6.07 Å². The molecule has 0 aliphatic carbocycles. The number of halogens is 2. The average molecular weight is 289 g/mol. The van der Waals surface area contributed by atoms with Crippen molar-refractivity contribution in [3.05, 3.63) is 35.6 Å². The molecule has 1 heterocycles. The van der Waals surface area contributed by atoms with Crippen LogP contribution in [0.5, 0.6) is 0 Å². The van der Waals surface area contributed by atoms with E-state index >= 15 is 0 Å². The first-order valence-electron chi connectivity index (χ1n) is 5.41. The minimum atomic E-state index is -0.175. The van der Waals surface area contributed by atoms with Gasteiger partial charge >= 0.3 is 0 Å². The van der Waals surface area contributed by atoms with Crippen LogP contribution in [0.2, 0.25) is 0 Å². The highest BCUT2D eigenvalue weighted by atomic mass is 79.9. The monoisotopic (exact) mass is 288 g/mol. The third-order valence-corrected chi connectivity index (χ3v) is 2.61. The van der Waals surface area contributed by atoms with Gasteiger partial charge in [-0.2, -0.15) is 0 Å². The highest BCUT2D eigenvalue weighted by molar-refractivity contribution is 5.15. The zero-order valence-corrected chi connectivity index (χ0v) is 10.7. The molecule has 1 N–H and O–H groups in total. The largest absolute Gasteiger partial charge is 1.00 e. The van der Waals surface area contributed by atoms with Crippen LogP contribution in [0.15, 0.2) is 24.3 Å². The molecule has 1 saturated heterocycles. The van der Waals surface area contributed by atoms with E-state index in [2.05, 4.69) is 5.32 Å². The molecule has 1 atom stereocenters. The zero-order chi connectivity index (χ0) is 10.5. The fraction of sp³-hybridized carbons (Fsp3) is 0.500. The maximum Gasteiger partial charge on any atom is 0.123 e. The van der Waals surface area contributed by atoms with Gasteiger partial charge in [0.25, 0.3) is 0 Å². The summed E-state index contributed by atoms with van der Waals surface area (Å²) in [5.41, 5.74) is 0.980. The Morgan fingerprint density at radius 1 is 1.44 bits per heavy atom. The Morgan fingerprint density at radius 3 is 3.00 bits per heavy atom. The summed E-state index contributed by atoms with van der Waals surface area (Å²) in [7, 11) is 0. The molecule has 16 heavy (non-hydrogen) atoms. The second kappa shape index (κ2) is 6.99. The SMILES string of the molecule is Fc1cccc(CNCC2CCCO2)c1.[Br-]. The highest BCUT2D eigenvalue weighted by Crippen LogP contribution is 2.11. The van der Waals surface area contributed by atoms with Crippen molar-refractivity contribution in [3.8, 4) is 0 Å². The molecule has 4 heteroatoms. The topological polar surface area (TPSA) is 21.3 Å². The van der Waals surface area contributed by atoms with Crippen LogP contribution in [0.25, 0.3) is 0 Å². The van der Waals surface area contributed by atoms with Crippen LogP contribution in [0.1, 0.15) is 18.4 Å². The summed E-state index contributed by atoms with van der Waals surface area (Å²) < 4.78 is 18.3. The molecule has 0 aromatic heterocycles. The molecule has 0 saturated carbocycles. The number of rotatable bonds is 4. The first kappa shape index (κ1) is 13.6. The molecule has 1 aliphatic heterocycles. The van der Waals surface area contributed by atoms with Crippen molar-refractivity contribution in [2.45, 2.75) is 25.5 Å². The molecule has 1 fully saturated rings. The first-order chi connectivity index (χ1) is 7.34. The number of ether oxygens (including phenoxy) is 1. The van der Waals surface area contributed by atoms with Crippen molar-refractivity contribution in [1.82, 2.24) is 5.32 Å². The lowest BCUT2D eigenvalue weighted by Crippen LogP contribution is -3.00. The van der Waals surface area contributed by atoms with Crippen LogP contribution in [-0.4, -0.2) is 19.3 Å². The van der Waals surface area contributed by atoms with Crippen LogP contribution in [0, 0.1) is 5.82 Å². The van der Waals surface area contributed by atoms with E-state index in [9.17, 15) is 4.39 Å². The van der Waals surface area contributed by atoms with Crippen LogP contribution in [-0.2, 0) is 11.3 Å². The molecular weight excluding hydrogens is 273 g/mol. The predicted octanol–water partition coefficient (Wildman–Crippen LogP) is -0.902. The lowest BCUT2D eigenvalue weighted by atomic mass is 10.2. The molecule has 0 radical (unpaired) electrons. The minimum Gasteiger partial charge on any atom is -1.00 e. The van der Waals surface area contributed by atoms with Gasteiger partial charge in [-0.1, -0.05) is 12.1 Å². The molecule has 1 aliphatic rings. The van der Waals surface area contributed by atoms with Gasteiger partial charge in [-0.3, -0.25) is 0 Å². The van der Waals surface area contributed by atoms with E-state index in [1.54, 1.807) is 12.1 Å². The van der Waals surface area contributed by atoms with Crippen molar-refractivity contribution in [2.24, 2.45) is 0 Å². The Bertz CT molecular complexity index is 316. The predicted molar refractivity (Wildman–Crippen MR) is 57.1 cm³/mol. The van der Waals surface area contributed by atoms with E-state index in [0.29, 0.717) is 12.6 Å². The Morgan fingerprint density at radius 2 is 2.31 bits per heavy atom. The summed E-state index contributed by atoms with van der Waals surface area (Å²) in [6.45, 7) is 2.44. The molecule has 1 aromatic carbocycles. The number of nitrogens with one attached hydrogen (secondary N) is 1. The smallest absolute Gasteiger partial charge is 0.123 e. The van der Waals surface area contributed by atoms with Crippen molar-refractivity contribution in [3.63, 3.8) is 0 Å². The Balaban J connectivity index is 0.00000128. The molecule has 2 nitrogen and oxygen atoms in total. The standard InChI is InChI=1S/C12H16FNO.BrH/c13-11-4-1-3-10(7-11)8-14-9-12-5-2-6-15-12;/h1,3-4,7,12,14H,2,5-6,8-9H2;1H/p-1. The van der Waals surface area contributed by atoms with Crippen molar-refractivity contribution in [2.75, 3.05) is 13.2 Å². The van der Waals surface area contributed by atoms with Gasteiger partial charge in [0.1, 0.15) is 5.82 Å². The van der Waals surface area contributed by atoms with Gasteiger partial charge in [0.15, 0.2) is 0 Å². The first-order valence-corrected chi connectivity index (χ1v) is 5.41. The summed E-state index contributed by atoms with van der Waals surface area (Å²) in [6.07, 6.45) is 2.64. The summed E-state index contributed by atoms with van der Waals surface area (Å²) in [4.78, 5) is 0. The molecule has 1 aromatic rings. The van der Waals surface area contributed by atoms with E-state index in [-0.39, 0.29) is 22.8 Å². The van der Waals surface area contributed by atoms with Crippen molar-refractivity contribution in [1.29, 1.82) is 0 Å². The van der Waals surface area contributed by atoms with Crippen LogP contribution >= 0.6 is 0 Å². The molecular formula is C12H16BrFNO-. The third kappa shape index (κ3) is 4.20. The van der Waals surface area contributed by atoms with Gasteiger partial charge in [0.05, 0.1) is 6.10 Å². The third-order valence-electron chi connectivity index (χ3n) is 2.61. The van der Waals surface area contributed by atoms with E-state index < -0.39 is 0 Å². The maximum absolute atomic E-state index is 12.8. The lowest BCUT2D eigenvalue weighted by Gasteiger charge is -2.10. The summed E-state index contributed by atoms with van der Waals surface area (Å²) in [5, 5.41) is 3.28.